The first-order chi connectivity index (χ1) is 6.53. The van der Waals surface area contributed by atoms with Gasteiger partial charge in [-0.05, 0) is 12.1 Å². The van der Waals surface area contributed by atoms with Crippen LogP contribution in [0.2, 0.25) is 0 Å². The van der Waals surface area contributed by atoms with Crippen LogP contribution in [0.3, 0.4) is 0 Å². The third-order valence-electron chi connectivity index (χ3n) is 1.58. The fourth-order valence-corrected chi connectivity index (χ4v) is 0.998. The van der Waals surface area contributed by atoms with Gasteiger partial charge in [-0.15, -0.1) is 13.2 Å². The largest absolute Gasteiger partial charge is 0.522 e. The maximum absolute atomic E-state index is 11.6. The van der Waals surface area contributed by atoms with Gasteiger partial charge in [-0.3, -0.25) is 9.53 Å². The molecule has 0 saturated carbocycles. The lowest BCUT2D eigenvalue weighted by atomic mass is 10.5. The van der Waals surface area contributed by atoms with E-state index in [0.29, 0.717) is 12.0 Å². The molecule has 0 atom stereocenters. The molecule has 0 N–H and O–H groups in total. The third-order valence-corrected chi connectivity index (χ3v) is 1.58. The summed E-state index contributed by atoms with van der Waals surface area (Å²) in [5, 5.41) is 0. The molecule has 1 heterocycles. The highest BCUT2D eigenvalue weighted by atomic mass is 19.4. The molecule has 0 aliphatic carbocycles. The van der Waals surface area contributed by atoms with Crippen molar-refractivity contribution in [3.05, 3.63) is 24.0 Å². The van der Waals surface area contributed by atoms with Crippen LogP contribution in [0.1, 0.15) is 10.5 Å². The zero-order chi connectivity index (χ0) is 10.6. The number of alkyl halides is 3. The van der Waals surface area contributed by atoms with E-state index in [4.69, 9.17) is 0 Å². The summed E-state index contributed by atoms with van der Waals surface area (Å²) < 4.78 is 39.7. The smallest absolute Gasteiger partial charge is 0.343 e. The summed E-state index contributed by atoms with van der Waals surface area (Å²) in [5.41, 5.74) is 0.329. The van der Waals surface area contributed by atoms with Crippen LogP contribution < -0.4 is 0 Å². The molecule has 0 spiro atoms. The average molecular weight is 207 g/mol. The van der Waals surface area contributed by atoms with Gasteiger partial charge in [0, 0.05) is 12.7 Å². The fraction of sp³-hybridized carbons (Fsp3) is 0.375. The summed E-state index contributed by atoms with van der Waals surface area (Å²) in [5.74, 6) is 0. The van der Waals surface area contributed by atoms with Crippen molar-refractivity contribution >= 4 is 6.29 Å². The maximum Gasteiger partial charge on any atom is 0.522 e. The van der Waals surface area contributed by atoms with E-state index in [-0.39, 0.29) is 6.54 Å². The Labute approximate surface area is 78.1 Å². The lowest BCUT2D eigenvalue weighted by molar-refractivity contribution is -0.325. The van der Waals surface area contributed by atoms with Gasteiger partial charge < -0.3 is 4.57 Å². The van der Waals surface area contributed by atoms with Crippen LogP contribution in [0, 0.1) is 0 Å². The van der Waals surface area contributed by atoms with Crippen molar-refractivity contribution < 1.29 is 22.7 Å². The predicted octanol–water partition coefficient (Wildman–Crippen LogP) is 1.84. The molecule has 1 aromatic rings. The highest BCUT2D eigenvalue weighted by Gasteiger charge is 2.28. The Morgan fingerprint density at radius 1 is 1.50 bits per heavy atom. The van der Waals surface area contributed by atoms with Crippen LogP contribution in [0.25, 0.3) is 0 Å². The van der Waals surface area contributed by atoms with E-state index in [1.165, 1.54) is 16.8 Å². The number of hydrogen-bond donors (Lipinski definition) is 0. The molecule has 0 unspecified atom stereocenters. The summed E-state index contributed by atoms with van der Waals surface area (Å²) in [6.07, 6.45) is -2.52. The van der Waals surface area contributed by atoms with Gasteiger partial charge in [-0.1, -0.05) is 0 Å². The van der Waals surface area contributed by atoms with E-state index in [2.05, 4.69) is 4.74 Å². The number of hydrogen-bond acceptors (Lipinski definition) is 2. The summed E-state index contributed by atoms with van der Waals surface area (Å²) in [4.78, 5) is 10.4. The second-order valence-electron chi connectivity index (χ2n) is 2.54. The molecular formula is C8H8F3NO2. The predicted molar refractivity (Wildman–Crippen MR) is 41.8 cm³/mol. The standard InChI is InChI=1S/C8H8F3NO2/c9-8(10,11)14-5-4-12-3-1-2-7(12)6-13/h1-3,6H,4-5H2. The molecule has 3 nitrogen and oxygen atoms in total. The van der Waals surface area contributed by atoms with Gasteiger partial charge >= 0.3 is 6.36 Å². The SMILES string of the molecule is O=Cc1cccn1CCOC(F)(F)F. The Hall–Kier alpha value is -1.30. The lowest BCUT2D eigenvalue weighted by Gasteiger charge is -2.08. The van der Waals surface area contributed by atoms with Crippen molar-refractivity contribution in [1.29, 1.82) is 0 Å². The molecule has 0 fully saturated rings. The van der Waals surface area contributed by atoms with E-state index >= 15 is 0 Å². The third kappa shape index (κ3) is 3.21. The molecule has 6 heteroatoms. The molecule has 78 valence electrons. The van der Waals surface area contributed by atoms with Crippen LogP contribution in [0.15, 0.2) is 18.3 Å². The molecule has 0 aliphatic heterocycles. The van der Waals surface area contributed by atoms with Gasteiger partial charge in [0.1, 0.15) is 0 Å². The van der Waals surface area contributed by atoms with Gasteiger partial charge in [-0.2, -0.15) is 0 Å². The Morgan fingerprint density at radius 2 is 2.21 bits per heavy atom. The van der Waals surface area contributed by atoms with Crippen LogP contribution >= 0.6 is 0 Å². The number of rotatable bonds is 4. The van der Waals surface area contributed by atoms with E-state index in [1.807, 2.05) is 0 Å². The molecule has 0 aliphatic rings. The van der Waals surface area contributed by atoms with Crippen molar-refractivity contribution in [3.8, 4) is 0 Å². The van der Waals surface area contributed by atoms with Gasteiger partial charge in [-0.25, -0.2) is 0 Å². The Balaban J connectivity index is 2.42. The van der Waals surface area contributed by atoms with Crippen LogP contribution in [-0.4, -0.2) is 23.8 Å². The van der Waals surface area contributed by atoms with Gasteiger partial charge in [0.05, 0.1) is 12.3 Å². The Morgan fingerprint density at radius 3 is 2.79 bits per heavy atom. The highest BCUT2D eigenvalue weighted by molar-refractivity contribution is 5.72. The molecule has 0 bridgehead atoms. The summed E-state index contributed by atoms with van der Waals surface area (Å²) in [6.45, 7) is -0.500. The first-order valence-corrected chi connectivity index (χ1v) is 3.84. The topological polar surface area (TPSA) is 31.2 Å². The number of carbonyl (C=O) groups is 1. The number of aldehydes is 1. The molecule has 14 heavy (non-hydrogen) atoms. The molecule has 1 aromatic heterocycles. The van der Waals surface area contributed by atoms with E-state index in [9.17, 15) is 18.0 Å². The molecule has 0 aromatic carbocycles. The number of ether oxygens (including phenoxy) is 1. The van der Waals surface area contributed by atoms with Crippen molar-refractivity contribution in [2.24, 2.45) is 0 Å². The zero-order valence-corrected chi connectivity index (χ0v) is 7.12. The fourth-order valence-electron chi connectivity index (χ4n) is 0.998. The molecule has 0 amide bonds. The number of aromatic nitrogens is 1. The van der Waals surface area contributed by atoms with Gasteiger partial charge in [0.15, 0.2) is 6.29 Å². The molecule has 0 saturated heterocycles. The Kier molecular flexibility index (Phi) is 3.29. The molecule has 0 radical (unpaired) electrons. The normalized spacial score (nSPS) is 11.6. The van der Waals surface area contributed by atoms with E-state index in [1.54, 1.807) is 6.07 Å². The summed E-state index contributed by atoms with van der Waals surface area (Å²) in [6, 6.07) is 3.10. The quantitative estimate of drug-likeness (QED) is 0.705. The first kappa shape index (κ1) is 10.8. The highest BCUT2D eigenvalue weighted by Crippen LogP contribution is 2.15. The van der Waals surface area contributed by atoms with E-state index in [0.717, 1.165) is 0 Å². The Bertz CT molecular complexity index is 306. The molecule has 1 rings (SSSR count). The second-order valence-corrected chi connectivity index (χ2v) is 2.54. The van der Waals surface area contributed by atoms with Crippen LogP contribution in [0.5, 0.6) is 0 Å². The van der Waals surface area contributed by atoms with Gasteiger partial charge in [0.25, 0.3) is 0 Å². The minimum atomic E-state index is -4.62. The van der Waals surface area contributed by atoms with Crippen molar-refractivity contribution in [3.63, 3.8) is 0 Å². The van der Waals surface area contributed by atoms with Crippen molar-refractivity contribution in [2.75, 3.05) is 6.61 Å². The zero-order valence-electron chi connectivity index (χ0n) is 7.12. The monoisotopic (exact) mass is 207 g/mol. The minimum absolute atomic E-state index is 0.000579. The number of halogens is 3. The average Bonchev–Trinajstić information content (AvgIpc) is 2.49. The minimum Gasteiger partial charge on any atom is -0.343 e. The summed E-state index contributed by atoms with van der Waals surface area (Å²) in [7, 11) is 0. The number of carbonyl (C=O) groups excluding carboxylic acids is 1. The van der Waals surface area contributed by atoms with Crippen molar-refractivity contribution in [1.82, 2.24) is 4.57 Å². The lowest BCUT2D eigenvalue weighted by Crippen LogP contribution is -2.17. The number of nitrogens with zero attached hydrogens (tertiary/aromatic N) is 1. The van der Waals surface area contributed by atoms with Crippen molar-refractivity contribution in [2.45, 2.75) is 12.9 Å². The van der Waals surface area contributed by atoms with Gasteiger partial charge in [0.2, 0.25) is 0 Å². The molecular weight excluding hydrogens is 199 g/mol. The first-order valence-electron chi connectivity index (χ1n) is 3.84. The second kappa shape index (κ2) is 4.28. The van der Waals surface area contributed by atoms with Crippen LogP contribution in [-0.2, 0) is 11.3 Å². The summed E-state index contributed by atoms with van der Waals surface area (Å²) >= 11 is 0. The maximum atomic E-state index is 11.6. The van der Waals surface area contributed by atoms with E-state index < -0.39 is 13.0 Å². The van der Waals surface area contributed by atoms with Crippen LogP contribution in [0.4, 0.5) is 13.2 Å².